The zero-order valence-corrected chi connectivity index (χ0v) is 18.5. The lowest BCUT2D eigenvalue weighted by Crippen LogP contribution is -2.36. The van der Waals surface area contributed by atoms with Crippen LogP contribution in [0.4, 0.5) is 11.5 Å². The molecule has 0 amide bonds. The second-order valence-corrected chi connectivity index (χ2v) is 8.41. The summed E-state index contributed by atoms with van der Waals surface area (Å²) in [6, 6.07) is 6.59. The van der Waals surface area contributed by atoms with Gasteiger partial charge in [0.15, 0.2) is 0 Å². The molecule has 3 heterocycles. The minimum absolute atomic E-state index is 0.176. The third kappa shape index (κ3) is 4.75. The average molecular weight is 435 g/mol. The molecule has 5 rings (SSSR count). The van der Waals surface area contributed by atoms with Gasteiger partial charge in [0.2, 0.25) is 0 Å². The number of hydrogen-bond donors (Lipinski definition) is 1. The van der Waals surface area contributed by atoms with Gasteiger partial charge in [-0.05, 0) is 37.8 Å². The molecule has 8 nitrogen and oxygen atoms in total. The van der Waals surface area contributed by atoms with Crippen molar-refractivity contribution in [2.45, 2.75) is 51.2 Å². The molecule has 1 aliphatic carbocycles. The number of nitrogens with one attached hydrogen (secondary N) is 1. The standard InChI is InChI=1S/C24H30N6O2/c1-2-22-26-8-7-23(29-22)28-17-3-5-19(6-4-17)32-21-16-18(30-11-13-31-14-12-30)15-20-24(21)27-10-9-25-20/h7-10,15-17,19H,2-6,11-14H2,1H3,(H,26,28,29). The first kappa shape index (κ1) is 20.9. The molecule has 0 unspecified atom stereocenters. The molecule has 2 aliphatic rings. The molecule has 3 aromatic rings. The van der Waals surface area contributed by atoms with Crippen LogP contribution in [-0.2, 0) is 11.2 Å². The molecule has 0 bridgehead atoms. The van der Waals surface area contributed by atoms with E-state index in [-0.39, 0.29) is 6.10 Å². The van der Waals surface area contributed by atoms with E-state index in [9.17, 15) is 0 Å². The third-order valence-electron chi connectivity index (χ3n) is 6.24. The van der Waals surface area contributed by atoms with Gasteiger partial charge >= 0.3 is 0 Å². The third-order valence-corrected chi connectivity index (χ3v) is 6.24. The number of aromatic nitrogens is 4. The Morgan fingerprint density at radius 2 is 1.84 bits per heavy atom. The van der Waals surface area contributed by atoms with Crippen LogP contribution in [-0.4, -0.2) is 58.4 Å². The lowest BCUT2D eigenvalue weighted by atomic mass is 9.93. The van der Waals surface area contributed by atoms with Crippen LogP contribution < -0.4 is 15.0 Å². The highest BCUT2D eigenvalue weighted by atomic mass is 16.5. The number of benzene rings is 1. The number of ether oxygens (including phenoxy) is 2. The maximum Gasteiger partial charge on any atom is 0.149 e. The van der Waals surface area contributed by atoms with Crippen LogP contribution in [0.2, 0.25) is 0 Å². The Hall–Kier alpha value is -3.00. The van der Waals surface area contributed by atoms with Crippen molar-refractivity contribution in [3.63, 3.8) is 0 Å². The van der Waals surface area contributed by atoms with Gasteiger partial charge < -0.3 is 19.7 Å². The Kier molecular flexibility index (Phi) is 6.29. The highest BCUT2D eigenvalue weighted by Gasteiger charge is 2.24. The van der Waals surface area contributed by atoms with Crippen molar-refractivity contribution >= 4 is 22.5 Å². The van der Waals surface area contributed by atoms with E-state index in [0.29, 0.717) is 6.04 Å². The minimum Gasteiger partial charge on any atom is -0.488 e. The molecule has 1 aromatic carbocycles. The zero-order valence-electron chi connectivity index (χ0n) is 18.5. The number of morpholine rings is 1. The first-order chi connectivity index (χ1) is 15.8. The lowest BCUT2D eigenvalue weighted by Gasteiger charge is -2.31. The Morgan fingerprint density at radius 3 is 2.66 bits per heavy atom. The van der Waals surface area contributed by atoms with Gasteiger partial charge in [0.25, 0.3) is 0 Å². The Balaban J connectivity index is 1.26. The van der Waals surface area contributed by atoms with E-state index in [1.807, 2.05) is 12.3 Å². The van der Waals surface area contributed by atoms with E-state index in [1.54, 1.807) is 12.4 Å². The summed E-state index contributed by atoms with van der Waals surface area (Å²) < 4.78 is 12.0. The molecule has 0 atom stereocenters. The van der Waals surface area contributed by atoms with Gasteiger partial charge in [0, 0.05) is 55.9 Å². The molecular formula is C24H30N6O2. The molecule has 32 heavy (non-hydrogen) atoms. The Morgan fingerprint density at radius 1 is 1.03 bits per heavy atom. The van der Waals surface area contributed by atoms with Gasteiger partial charge in [0.1, 0.15) is 22.9 Å². The summed E-state index contributed by atoms with van der Waals surface area (Å²) in [5, 5.41) is 3.57. The van der Waals surface area contributed by atoms with Crippen LogP contribution in [0.25, 0.3) is 11.0 Å². The summed E-state index contributed by atoms with van der Waals surface area (Å²) >= 11 is 0. The van der Waals surface area contributed by atoms with E-state index in [2.05, 4.69) is 49.2 Å². The van der Waals surface area contributed by atoms with E-state index < -0.39 is 0 Å². The quantitative estimate of drug-likeness (QED) is 0.630. The van der Waals surface area contributed by atoms with Crippen LogP contribution in [0.3, 0.4) is 0 Å². The molecule has 0 radical (unpaired) electrons. The highest BCUT2D eigenvalue weighted by molar-refractivity contribution is 5.85. The van der Waals surface area contributed by atoms with E-state index >= 15 is 0 Å². The number of rotatable bonds is 6. The summed E-state index contributed by atoms with van der Waals surface area (Å²) in [5.74, 6) is 2.62. The molecule has 168 valence electrons. The van der Waals surface area contributed by atoms with Crippen molar-refractivity contribution in [3.05, 3.63) is 42.6 Å². The molecular weight excluding hydrogens is 404 g/mol. The van der Waals surface area contributed by atoms with Crippen LogP contribution in [0.1, 0.15) is 38.4 Å². The Bertz CT molecular complexity index is 1050. The van der Waals surface area contributed by atoms with Crippen LogP contribution >= 0.6 is 0 Å². The molecule has 1 N–H and O–H groups in total. The van der Waals surface area contributed by atoms with Crippen molar-refractivity contribution < 1.29 is 9.47 Å². The van der Waals surface area contributed by atoms with Crippen molar-refractivity contribution in [1.29, 1.82) is 0 Å². The smallest absolute Gasteiger partial charge is 0.149 e. The van der Waals surface area contributed by atoms with Crippen molar-refractivity contribution in [3.8, 4) is 5.75 Å². The predicted molar refractivity (Wildman–Crippen MR) is 124 cm³/mol. The molecule has 8 heteroatoms. The summed E-state index contributed by atoms with van der Waals surface area (Å²) in [6.07, 6.45) is 10.4. The van der Waals surface area contributed by atoms with Crippen LogP contribution in [0.5, 0.6) is 5.75 Å². The number of nitrogens with zero attached hydrogens (tertiary/aromatic N) is 5. The van der Waals surface area contributed by atoms with Crippen molar-refractivity contribution in [1.82, 2.24) is 19.9 Å². The molecule has 1 aliphatic heterocycles. The minimum atomic E-state index is 0.176. The summed E-state index contributed by atoms with van der Waals surface area (Å²) in [4.78, 5) is 20.3. The second kappa shape index (κ2) is 9.65. The van der Waals surface area contributed by atoms with E-state index in [1.165, 1.54) is 0 Å². The zero-order chi connectivity index (χ0) is 21.8. The number of fused-ring (bicyclic) bond motifs is 1. The maximum absolute atomic E-state index is 6.52. The normalized spacial score (nSPS) is 21.5. The van der Waals surface area contributed by atoms with E-state index in [4.69, 9.17) is 9.47 Å². The maximum atomic E-state index is 6.52. The molecule has 0 spiro atoms. The van der Waals surface area contributed by atoms with Crippen molar-refractivity contribution in [2.24, 2.45) is 0 Å². The average Bonchev–Trinajstić information content (AvgIpc) is 2.86. The molecule has 1 saturated heterocycles. The van der Waals surface area contributed by atoms with Gasteiger partial charge in [0.05, 0.1) is 24.8 Å². The molecule has 2 aromatic heterocycles. The first-order valence-electron chi connectivity index (χ1n) is 11.6. The fourth-order valence-electron chi connectivity index (χ4n) is 4.49. The topological polar surface area (TPSA) is 85.3 Å². The highest BCUT2D eigenvalue weighted by Crippen LogP contribution is 2.33. The number of hydrogen-bond acceptors (Lipinski definition) is 8. The molecule has 2 fully saturated rings. The SMILES string of the molecule is CCc1nccc(NC2CCC(Oc3cc(N4CCOCC4)cc4nccnc34)CC2)n1. The lowest BCUT2D eigenvalue weighted by molar-refractivity contribution is 0.122. The second-order valence-electron chi connectivity index (χ2n) is 8.41. The first-order valence-corrected chi connectivity index (χ1v) is 11.6. The largest absolute Gasteiger partial charge is 0.488 e. The van der Waals surface area contributed by atoms with E-state index in [0.717, 1.165) is 92.5 Å². The Labute approximate surface area is 188 Å². The fraction of sp³-hybridized carbons (Fsp3) is 0.500. The number of anilines is 2. The number of aryl methyl sites for hydroxylation is 1. The summed E-state index contributed by atoms with van der Waals surface area (Å²) in [7, 11) is 0. The van der Waals surface area contributed by atoms with Crippen LogP contribution in [0, 0.1) is 0 Å². The van der Waals surface area contributed by atoms with Crippen molar-refractivity contribution in [2.75, 3.05) is 36.5 Å². The monoisotopic (exact) mass is 434 g/mol. The van der Waals surface area contributed by atoms with Gasteiger partial charge in [-0.25, -0.2) is 15.0 Å². The van der Waals surface area contributed by atoms with Crippen LogP contribution in [0.15, 0.2) is 36.8 Å². The summed E-state index contributed by atoms with van der Waals surface area (Å²) in [5.41, 5.74) is 2.83. The van der Waals surface area contributed by atoms with Gasteiger partial charge in [-0.2, -0.15) is 0 Å². The predicted octanol–water partition coefficient (Wildman–Crippen LogP) is 3.62. The fourth-order valence-corrected chi connectivity index (χ4v) is 4.49. The summed E-state index contributed by atoms with van der Waals surface area (Å²) in [6.45, 7) is 5.33. The van der Waals surface area contributed by atoms with Gasteiger partial charge in [-0.3, -0.25) is 4.98 Å². The molecule has 1 saturated carbocycles. The van der Waals surface area contributed by atoms with Gasteiger partial charge in [-0.1, -0.05) is 6.92 Å². The van der Waals surface area contributed by atoms with Gasteiger partial charge in [-0.15, -0.1) is 0 Å².